The number of imidazole rings is 1. The Labute approximate surface area is 130 Å². The van der Waals surface area contributed by atoms with E-state index >= 15 is 0 Å². The van der Waals surface area contributed by atoms with Gasteiger partial charge in [0.2, 0.25) is 0 Å². The molecule has 0 amide bonds. The summed E-state index contributed by atoms with van der Waals surface area (Å²) in [6, 6.07) is 15.8. The van der Waals surface area contributed by atoms with E-state index in [0.717, 1.165) is 42.2 Å². The second-order valence-corrected chi connectivity index (χ2v) is 5.34. The smallest absolute Gasteiger partial charge is 0.121 e. The Morgan fingerprint density at radius 1 is 1.14 bits per heavy atom. The summed E-state index contributed by atoms with van der Waals surface area (Å²) in [6.07, 6.45) is 2.06. The number of nitrogen functional groups attached to an aromatic ring is 1. The van der Waals surface area contributed by atoms with Gasteiger partial charge < -0.3 is 15.0 Å². The van der Waals surface area contributed by atoms with Crippen molar-refractivity contribution in [3.05, 3.63) is 54.4 Å². The molecule has 2 N–H and O–H groups in total. The zero-order chi connectivity index (χ0) is 15.4. The topological polar surface area (TPSA) is 53.1 Å². The standard InChI is InChI=1S/C18H21N3O/c1-2-6-18-20-16-9-3-4-10-17(16)21(18)11-12-22-15-8-5-7-14(19)13-15/h3-5,7-10,13H,2,6,11-12,19H2,1H3. The molecule has 4 heteroatoms. The van der Waals surface area contributed by atoms with Gasteiger partial charge >= 0.3 is 0 Å². The second-order valence-electron chi connectivity index (χ2n) is 5.34. The van der Waals surface area contributed by atoms with E-state index in [0.29, 0.717) is 6.61 Å². The average molecular weight is 295 g/mol. The fraction of sp³-hybridized carbons (Fsp3) is 0.278. The van der Waals surface area contributed by atoms with Crippen LogP contribution in [0.3, 0.4) is 0 Å². The van der Waals surface area contributed by atoms with Crippen molar-refractivity contribution in [3.63, 3.8) is 0 Å². The molecule has 0 saturated carbocycles. The van der Waals surface area contributed by atoms with Crippen molar-refractivity contribution < 1.29 is 4.74 Å². The lowest BCUT2D eigenvalue weighted by atomic mass is 10.3. The van der Waals surface area contributed by atoms with Gasteiger partial charge in [-0.2, -0.15) is 0 Å². The van der Waals surface area contributed by atoms with E-state index in [2.05, 4.69) is 29.7 Å². The number of hydrogen-bond acceptors (Lipinski definition) is 3. The number of benzene rings is 2. The molecule has 0 bridgehead atoms. The molecule has 0 aliphatic heterocycles. The minimum atomic E-state index is 0.598. The lowest BCUT2D eigenvalue weighted by molar-refractivity contribution is 0.298. The molecule has 0 aliphatic rings. The summed E-state index contributed by atoms with van der Waals surface area (Å²) in [4.78, 5) is 4.73. The second kappa shape index (κ2) is 6.52. The molecule has 0 saturated heterocycles. The predicted molar refractivity (Wildman–Crippen MR) is 90.1 cm³/mol. The summed E-state index contributed by atoms with van der Waals surface area (Å²) in [7, 11) is 0. The third kappa shape index (κ3) is 3.06. The van der Waals surface area contributed by atoms with Crippen LogP contribution in [0.25, 0.3) is 11.0 Å². The van der Waals surface area contributed by atoms with E-state index in [1.165, 1.54) is 5.52 Å². The van der Waals surface area contributed by atoms with Crippen LogP contribution < -0.4 is 10.5 Å². The quantitative estimate of drug-likeness (QED) is 0.706. The van der Waals surface area contributed by atoms with Crippen molar-refractivity contribution in [2.24, 2.45) is 0 Å². The highest BCUT2D eigenvalue weighted by atomic mass is 16.5. The number of fused-ring (bicyclic) bond motifs is 1. The van der Waals surface area contributed by atoms with Gasteiger partial charge in [0.1, 0.15) is 18.2 Å². The average Bonchev–Trinajstić information content (AvgIpc) is 2.86. The molecule has 0 unspecified atom stereocenters. The summed E-state index contributed by atoms with van der Waals surface area (Å²) in [5.74, 6) is 1.93. The highest BCUT2D eigenvalue weighted by Crippen LogP contribution is 2.18. The number of ether oxygens (including phenoxy) is 1. The number of anilines is 1. The Morgan fingerprint density at radius 2 is 2.00 bits per heavy atom. The Morgan fingerprint density at radius 3 is 2.82 bits per heavy atom. The van der Waals surface area contributed by atoms with Gasteiger partial charge in [-0.25, -0.2) is 4.98 Å². The Bertz CT molecular complexity index is 764. The highest BCUT2D eigenvalue weighted by Gasteiger charge is 2.09. The first-order valence-corrected chi connectivity index (χ1v) is 7.70. The van der Waals surface area contributed by atoms with Crippen LogP contribution in [0.1, 0.15) is 19.2 Å². The minimum Gasteiger partial charge on any atom is -0.492 e. The monoisotopic (exact) mass is 295 g/mol. The molecule has 1 heterocycles. The van der Waals surface area contributed by atoms with Gasteiger partial charge in [-0.15, -0.1) is 0 Å². The summed E-state index contributed by atoms with van der Waals surface area (Å²) >= 11 is 0. The largest absolute Gasteiger partial charge is 0.492 e. The van der Waals surface area contributed by atoms with E-state index in [1.807, 2.05) is 30.3 Å². The molecule has 0 radical (unpaired) electrons. The zero-order valence-electron chi connectivity index (χ0n) is 12.8. The third-order valence-corrected chi connectivity index (χ3v) is 3.65. The maximum absolute atomic E-state index is 5.81. The summed E-state index contributed by atoms with van der Waals surface area (Å²) < 4.78 is 8.07. The van der Waals surface area contributed by atoms with Gasteiger partial charge in [-0.3, -0.25) is 0 Å². The molecule has 3 rings (SSSR count). The van der Waals surface area contributed by atoms with E-state index in [-0.39, 0.29) is 0 Å². The van der Waals surface area contributed by atoms with E-state index in [4.69, 9.17) is 15.5 Å². The molecule has 3 aromatic rings. The third-order valence-electron chi connectivity index (χ3n) is 3.65. The van der Waals surface area contributed by atoms with Gasteiger partial charge in [0.05, 0.1) is 17.6 Å². The van der Waals surface area contributed by atoms with Crippen LogP contribution in [0.2, 0.25) is 0 Å². The first kappa shape index (κ1) is 14.4. The number of nitrogens with two attached hydrogens (primary N) is 1. The first-order valence-electron chi connectivity index (χ1n) is 7.70. The Kier molecular flexibility index (Phi) is 4.28. The van der Waals surface area contributed by atoms with E-state index in [9.17, 15) is 0 Å². The molecule has 4 nitrogen and oxygen atoms in total. The number of aryl methyl sites for hydroxylation is 1. The van der Waals surface area contributed by atoms with Crippen LogP contribution in [0.4, 0.5) is 5.69 Å². The van der Waals surface area contributed by atoms with Crippen molar-refractivity contribution in [2.75, 3.05) is 12.3 Å². The maximum Gasteiger partial charge on any atom is 0.121 e. The van der Waals surface area contributed by atoms with Crippen LogP contribution in [0.5, 0.6) is 5.75 Å². The molecular formula is C18H21N3O. The van der Waals surface area contributed by atoms with E-state index in [1.54, 1.807) is 0 Å². The summed E-state index contributed by atoms with van der Waals surface area (Å²) in [6.45, 7) is 3.55. The van der Waals surface area contributed by atoms with Gasteiger partial charge in [-0.1, -0.05) is 25.1 Å². The number of nitrogens with zero attached hydrogens (tertiary/aromatic N) is 2. The normalized spacial score (nSPS) is 11.0. The lowest BCUT2D eigenvalue weighted by Crippen LogP contribution is -2.11. The van der Waals surface area contributed by atoms with Crippen molar-refractivity contribution in [2.45, 2.75) is 26.3 Å². The molecule has 2 aromatic carbocycles. The number of hydrogen-bond donors (Lipinski definition) is 1. The highest BCUT2D eigenvalue weighted by molar-refractivity contribution is 5.75. The summed E-state index contributed by atoms with van der Waals surface area (Å²) in [5, 5.41) is 0. The predicted octanol–water partition coefficient (Wildman–Crippen LogP) is 3.65. The molecular weight excluding hydrogens is 274 g/mol. The van der Waals surface area contributed by atoms with Crippen molar-refractivity contribution in [1.82, 2.24) is 9.55 Å². The molecule has 0 atom stereocenters. The number of para-hydroxylation sites is 2. The van der Waals surface area contributed by atoms with Crippen LogP contribution in [0.15, 0.2) is 48.5 Å². The number of rotatable bonds is 6. The van der Waals surface area contributed by atoms with Crippen LogP contribution in [-0.2, 0) is 13.0 Å². The molecule has 114 valence electrons. The van der Waals surface area contributed by atoms with Crippen molar-refractivity contribution in [1.29, 1.82) is 0 Å². The number of aromatic nitrogens is 2. The molecule has 0 fully saturated rings. The Balaban J connectivity index is 1.76. The molecule has 0 aliphatic carbocycles. The van der Waals surface area contributed by atoms with Gasteiger partial charge in [-0.05, 0) is 30.7 Å². The van der Waals surface area contributed by atoms with Crippen LogP contribution >= 0.6 is 0 Å². The van der Waals surface area contributed by atoms with Gasteiger partial charge in [0.25, 0.3) is 0 Å². The fourth-order valence-corrected chi connectivity index (χ4v) is 2.65. The minimum absolute atomic E-state index is 0.598. The van der Waals surface area contributed by atoms with Gasteiger partial charge in [0, 0.05) is 18.2 Å². The fourth-order valence-electron chi connectivity index (χ4n) is 2.65. The van der Waals surface area contributed by atoms with Crippen LogP contribution in [-0.4, -0.2) is 16.2 Å². The molecule has 22 heavy (non-hydrogen) atoms. The summed E-state index contributed by atoms with van der Waals surface area (Å²) in [5.41, 5.74) is 8.71. The lowest BCUT2D eigenvalue weighted by Gasteiger charge is -2.11. The zero-order valence-corrected chi connectivity index (χ0v) is 12.8. The van der Waals surface area contributed by atoms with Crippen LogP contribution in [0, 0.1) is 0 Å². The van der Waals surface area contributed by atoms with E-state index < -0.39 is 0 Å². The maximum atomic E-state index is 5.81. The van der Waals surface area contributed by atoms with Crippen molar-refractivity contribution in [3.8, 4) is 5.75 Å². The first-order chi connectivity index (χ1) is 10.8. The molecule has 0 spiro atoms. The molecule has 1 aromatic heterocycles. The van der Waals surface area contributed by atoms with Gasteiger partial charge in [0.15, 0.2) is 0 Å². The van der Waals surface area contributed by atoms with Crippen molar-refractivity contribution >= 4 is 16.7 Å². The SMILES string of the molecule is CCCc1nc2ccccc2n1CCOc1cccc(N)c1. The Hall–Kier alpha value is -2.49.